The average Bonchev–Trinajstić information content (AvgIpc) is 2.63. The number of H-pyrrole nitrogens is 1. The fourth-order valence-electron chi connectivity index (χ4n) is 1.65. The molecule has 4 nitrogen and oxygen atoms in total. The summed E-state index contributed by atoms with van der Waals surface area (Å²) in [5.74, 6) is -0.418. The van der Waals surface area contributed by atoms with E-state index < -0.39 is 5.76 Å². The van der Waals surface area contributed by atoms with Gasteiger partial charge >= 0.3 is 5.76 Å². The molecule has 0 aliphatic rings. The van der Waals surface area contributed by atoms with Gasteiger partial charge < -0.3 is 10.2 Å². The normalized spacial score (nSPS) is 13.5. The molecule has 1 heterocycles. The van der Waals surface area contributed by atoms with Gasteiger partial charge in [0.25, 0.3) is 0 Å². The summed E-state index contributed by atoms with van der Waals surface area (Å²) >= 11 is 0. The Balaban J connectivity index is 2.11. The van der Waals surface area contributed by atoms with Crippen LogP contribution in [0.4, 0.5) is 0 Å². The maximum Gasteiger partial charge on any atom is 0.417 e. The highest BCUT2D eigenvalue weighted by Crippen LogP contribution is 2.13. The molecule has 0 saturated heterocycles. The third kappa shape index (κ3) is 3.07. The highest BCUT2D eigenvalue weighted by atomic mass is 16.4. The molecule has 0 bridgehead atoms. The summed E-state index contributed by atoms with van der Waals surface area (Å²) in [5.41, 5.74) is 8.02. The van der Waals surface area contributed by atoms with Crippen LogP contribution in [-0.4, -0.2) is 11.0 Å². The minimum absolute atomic E-state index is 0.229. The van der Waals surface area contributed by atoms with Crippen LogP contribution in [0.25, 0.3) is 17.2 Å². The highest BCUT2D eigenvalue weighted by molar-refractivity contribution is 5.75. The molecule has 1 aromatic heterocycles. The summed E-state index contributed by atoms with van der Waals surface area (Å²) < 4.78 is 4.93. The molecule has 0 aliphatic heterocycles. The van der Waals surface area contributed by atoms with Crippen LogP contribution in [0.1, 0.15) is 25.3 Å². The SMILES string of the molecule is CC(N)CC/C=C/c1ccc2oc(=O)[nH]c2c1. The molecule has 1 aromatic carbocycles. The van der Waals surface area contributed by atoms with Crippen LogP contribution in [0.2, 0.25) is 0 Å². The monoisotopic (exact) mass is 232 g/mol. The number of benzene rings is 1. The Hall–Kier alpha value is -1.81. The first-order chi connectivity index (χ1) is 8.15. The number of nitrogens with two attached hydrogens (primary N) is 1. The zero-order valence-electron chi connectivity index (χ0n) is 9.77. The summed E-state index contributed by atoms with van der Waals surface area (Å²) in [4.78, 5) is 13.6. The quantitative estimate of drug-likeness (QED) is 0.849. The van der Waals surface area contributed by atoms with E-state index in [1.54, 1.807) is 6.07 Å². The number of rotatable bonds is 4. The molecule has 1 atom stereocenters. The molecule has 2 rings (SSSR count). The van der Waals surface area contributed by atoms with E-state index in [1.165, 1.54) is 0 Å². The fourth-order valence-corrected chi connectivity index (χ4v) is 1.65. The number of fused-ring (bicyclic) bond motifs is 1. The fraction of sp³-hybridized carbons (Fsp3) is 0.308. The molecule has 0 radical (unpaired) electrons. The smallest absolute Gasteiger partial charge is 0.408 e. The van der Waals surface area contributed by atoms with Crippen molar-refractivity contribution in [2.24, 2.45) is 5.73 Å². The number of aromatic amines is 1. The van der Waals surface area contributed by atoms with Gasteiger partial charge in [0.2, 0.25) is 0 Å². The Morgan fingerprint density at radius 2 is 2.35 bits per heavy atom. The zero-order valence-corrected chi connectivity index (χ0v) is 9.77. The van der Waals surface area contributed by atoms with Crippen LogP contribution in [0.3, 0.4) is 0 Å². The van der Waals surface area contributed by atoms with Crippen LogP contribution in [-0.2, 0) is 0 Å². The number of hydrogen-bond donors (Lipinski definition) is 2. The summed E-state index contributed by atoms with van der Waals surface area (Å²) in [6, 6.07) is 5.83. The van der Waals surface area contributed by atoms with Gasteiger partial charge in [-0.2, -0.15) is 0 Å². The van der Waals surface area contributed by atoms with E-state index in [4.69, 9.17) is 10.2 Å². The number of aromatic nitrogens is 1. The lowest BCUT2D eigenvalue weighted by atomic mass is 10.1. The third-order valence-corrected chi connectivity index (χ3v) is 2.54. The van der Waals surface area contributed by atoms with Gasteiger partial charge in [0.05, 0.1) is 5.52 Å². The van der Waals surface area contributed by atoms with E-state index in [9.17, 15) is 4.79 Å². The van der Waals surface area contributed by atoms with Gasteiger partial charge in [-0.05, 0) is 37.5 Å². The van der Waals surface area contributed by atoms with Crippen molar-refractivity contribution in [2.75, 3.05) is 0 Å². The molecule has 17 heavy (non-hydrogen) atoms. The van der Waals surface area contributed by atoms with Crippen molar-refractivity contribution in [1.29, 1.82) is 0 Å². The second-order valence-corrected chi connectivity index (χ2v) is 4.23. The number of allylic oxidation sites excluding steroid dienone is 1. The Morgan fingerprint density at radius 3 is 3.12 bits per heavy atom. The van der Waals surface area contributed by atoms with Crippen LogP contribution >= 0.6 is 0 Å². The van der Waals surface area contributed by atoms with E-state index >= 15 is 0 Å². The maximum absolute atomic E-state index is 11.0. The minimum Gasteiger partial charge on any atom is -0.408 e. The van der Waals surface area contributed by atoms with Gasteiger partial charge in [0.15, 0.2) is 5.58 Å². The molecule has 0 saturated carbocycles. The topological polar surface area (TPSA) is 72.0 Å². The van der Waals surface area contributed by atoms with Gasteiger partial charge in [-0.25, -0.2) is 4.79 Å². The molecular formula is C13H16N2O2. The first kappa shape index (κ1) is 11.7. The molecule has 0 aliphatic carbocycles. The largest absolute Gasteiger partial charge is 0.417 e. The maximum atomic E-state index is 11.0. The van der Waals surface area contributed by atoms with E-state index in [1.807, 2.05) is 25.1 Å². The Kier molecular flexibility index (Phi) is 3.44. The molecule has 1 unspecified atom stereocenters. The lowest BCUT2D eigenvalue weighted by Crippen LogP contribution is -2.13. The Labute approximate surface area is 99.1 Å². The van der Waals surface area contributed by atoms with Gasteiger partial charge in [-0.3, -0.25) is 4.98 Å². The Bertz CT molecular complexity index is 578. The molecule has 4 heteroatoms. The number of hydrogen-bond acceptors (Lipinski definition) is 3. The third-order valence-electron chi connectivity index (χ3n) is 2.54. The van der Waals surface area contributed by atoms with Gasteiger partial charge in [0, 0.05) is 6.04 Å². The second kappa shape index (κ2) is 5.01. The Morgan fingerprint density at radius 1 is 1.53 bits per heavy atom. The van der Waals surface area contributed by atoms with Crippen molar-refractivity contribution in [3.05, 3.63) is 40.4 Å². The van der Waals surface area contributed by atoms with Crippen LogP contribution in [0, 0.1) is 0 Å². The van der Waals surface area contributed by atoms with Crippen molar-refractivity contribution in [1.82, 2.24) is 4.98 Å². The molecule has 0 amide bonds. The lowest BCUT2D eigenvalue weighted by molar-refractivity contribution is 0.555. The molecule has 3 N–H and O–H groups in total. The standard InChI is InChI=1S/C13H16N2O2/c1-9(14)4-2-3-5-10-6-7-12-11(8-10)15-13(16)17-12/h3,5-9H,2,4,14H2,1H3,(H,15,16)/b5-3+. The van der Waals surface area contributed by atoms with E-state index in [0.717, 1.165) is 23.9 Å². The predicted octanol–water partition coefficient (Wildman–Crippen LogP) is 2.26. The van der Waals surface area contributed by atoms with Crippen LogP contribution in [0.15, 0.2) is 33.5 Å². The second-order valence-electron chi connectivity index (χ2n) is 4.23. The summed E-state index contributed by atoms with van der Waals surface area (Å²) in [6.45, 7) is 2.00. The zero-order chi connectivity index (χ0) is 12.3. The van der Waals surface area contributed by atoms with Gasteiger partial charge in [-0.1, -0.05) is 18.2 Å². The first-order valence-electron chi connectivity index (χ1n) is 5.70. The minimum atomic E-state index is -0.418. The van der Waals surface area contributed by atoms with Crippen molar-refractivity contribution in [3.63, 3.8) is 0 Å². The number of oxazole rings is 1. The van der Waals surface area contributed by atoms with E-state index in [0.29, 0.717) is 5.58 Å². The molecular weight excluding hydrogens is 216 g/mol. The van der Waals surface area contributed by atoms with Crippen LogP contribution in [0.5, 0.6) is 0 Å². The average molecular weight is 232 g/mol. The molecule has 0 fully saturated rings. The van der Waals surface area contributed by atoms with E-state index in [-0.39, 0.29) is 6.04 Å². The number of nitrogens with one attached hydrogen (secondary N) is 1. The van der Waals surface area contributed by atoms with Crippen LogP contribution < -0.4 is 11.5 Å². The van der Waals surface area contributed by atoms with Crippen molar-refractivity contribution in [2.45, 2.75) is 25.8 Å². The lowest BCUT2D eigenvalue weighted by Gasteiger charge is -1.99. The van der Waals surface area contributed by atoms with Gasteiger partial charge in [-0.15, -0.1) is 0 Å². The molecule has 90 valence electrons. The van der Waals surface area contributed by atoms with Crippen molar-refractivity contribution >= 4 is 17.2 Å². The summed E-state index contributed by atoms with van der Waals surface area (Å²) in [6.07, 6.45) is 6.04. The molecule has 0 spiro atoms. The van der Waals surface area contributed by atoms with Crippen molar-refractivity contribution in [3.8, 4) is 0 Å². The van der Waals surface area contributed by atoms with Crippen molar-refractivity contribution < 1.29 is 4.42 Å². The predicted molar refractivity (Wildman–Crippen MR) is 68.8 cm³/mol. The summed E-state index contributed by atoms with van der Waals surface area (Å²) in [5, 5.41) is 0. The van der Waals surface area contributed by atoms with Gasteiger partial charge in [0.1, 0.15) is 0 Å². The summed E-state index contributed by atoms with van der Waals surface area (Å²) in [7, 11) is 0. The molecule has 2 aromatic rings. The first-order valence-corrected chi connectivity index (χ1v) is 5.70. The van der Waals surface area contributed by atoms with E-state index in [2.05, 4.69) is 11.1 Å². The highest BCUT2D eigenvalue weighted by Gasteiger charge is 1.99.